The summed E-state index contributed by atoms with van der Waals surface area (Å²) in [7, 11) is 0. The second-order valence-corrected chi connectivity index (χ2v) is 7.50. The van der Waals surface area contributed by atoms with E-state index in [0.29, 0.717) is 38.3 Å². The quantitative estimate of drug-likeness (QED) is 0.396. The van der Waals surface area contributed by atoms with Gasteiger partial charge in [0.15, 0.2) is 0 Å². The molecule has 0 aromatic carbocycles. The standard InChI is InChI=1S/C8H13NO.2C6H12O.C4H10/c1-4-5-6-8(10)9-7(2)3;2*1-4-5-7-6(2)3;1-4(2)3/h1,7H,5-6H2,2-3H3,(H,9,10);2*4,6H,1,5H2,2-3H3;4H,1-3H3. The highest BCUT2D eigenvalue weighted by Crippen LogP contribution is 1.87. The molecule has 0 aromatic rings. The number of rotatable bonds is 9. The van der Waals surface area contributed by atoms with Gasteiger partial charge in [-0.1, -0.05) is 32.9 Å². The van der Waals surface area contributed by atoms with Gasteiger partial charge >= 0.3 is 0 Å². The molecule has 0 radical (unpaired) electrons. The van der Waals surface area contributed by atoms with Crippen molar-refractivity contribution in [1.82, 2.24) is 5.32 Å². The molecule has 1 amide bonds. The van der Waals surface area contributed by atoms with E-state index in [4.69, 9.17) is 15.9 Å². The Morgan fingerprint density at radius 2 is 1.29 bits per heavy atom. The molecule has 28 heavy (non-hydrogen) atoms. The first-order valence-electron chi connectivity index (χ1n) is 10.1. The number of terminal acetylenes is 1. The molecule has 0 saturated carbocycles. The first-order chi connectivity index (χ1) is 12.9. The Hall–Kier alpha value is -1.57. The molecule has 0 atom stereocenters. The summed E-state index contributed by atoms with van der Waals surface area (Å²) in [4.78, 5) is 10.8. The van der Waals surface area contributed by atoms with E-state index >= 15 is 0 Å². The van der Waals surface area contributed by atoms with Crippen LogP contribution in [-0.2, 0) is 14.3 Å². The Labute approximate surface area is 176 Å². The molecule has 0 unspecified atom stereocenters. The Morgan fingerprint density at radius 1 is 0.929 bits per heavy atom. The molecule has 0 spiro atoms. The van der Waals surface area contributed by atoms with Crippen LogP contribution in [0.25, 0.3) is 0 Å². The summed E-state index contributed by atoms with van der Waals surface area (Å²) in [5, 5.41) is 2.74. The summed E-state index contributed by atoms with van der Waals surface area (Å²) in [5.74, 6) is 3.28. The number of hydrogen-bond acceptors (Lipinski definition) is 3. The first kappa shape index (κ1) is 34.0. The summed E-state index contributed by atoms with van der Waals surface area (Å²) in [6.07, 6.45) is 10.1. The smallest absolute Gasteiger partial charge is 0.221 e. The Morgan fingerprint density at radius 3 is 1.46 bits per heavy atom. The molecule has 4 heteroatoms. The Balaban J connectivity index is -0.000000144. The fraction of sp³-hybridized carbons (Fsp3) is 0.708. The van der Waals surface area contributed by atoms with Crippen LogP contribution in [0.1, 0.15) is 75.2 Å². The van der Waals surface area contributed by atoms with Crippen LogP contribution in [0.2, 0.25) is 0 Å². The normalized spacial score (nSPS) is 9.29. The van der Waals surface area contributed by atoms with E-state index in [1.807, 2.05) is 41.5 Å². The lowest BCUT2D eigenvalue weighted by Crippen LogP contribution is -2.29. The second kappa shape index (κ2) is 27.6. The van der Waals surface area contributed by atoms with Gasteiger partial charge in [-0.15, -0.1) is 25.5 Å². The van der Waals surface area contributed by atoms with Crippen LogP contribution >= 0.6 is 0 Å². The fourth-order valence-electron chi connectivity index (χ4n) is 1.10. The van der Waals surface area contributed by atoms with Crippen molar-refractivity contribution in [3.8, 4) is 12.3 Å². The van der Waals surface area contributed by atoms with Crippen LogP contribution in [0, 0.1) is 18.3 Å². The van der Waals surface area contributed by atoms with Crippen LogP contribution in [0.5, 0.6) is 0 Å². The zero-order chi connectivity index (χ0) is 23.0. The van der Waals surface area contributed by atoms with Gasteiger partial charge in [-0.25, -0.2) is 0 Å². The van der Waals surface area contributed by atoms with Crippen molar-refractivity contribution in [3.05, 3.63) is 25.3 Å². The average Bonchev–Trinajstić information content (AvgIpc) is 2.56. The van der Waals surface area contributed by atoms with E-state index < -0.39 is 0 Å². The van der Waals surface area contributed by atoms with Crippen molar-refractivity contribution in [2.24, 2.45) is 5.92 Å². The summed E-state index contributed by atoms with van der Waals surface area (Å²) in [6, 6.07) is 0.213. The Bertz CT molecular complexity index is 361. The van der Waals surface area contributed by atoms with Gasteiger partial charge in [0.05, 0.1) is 25.4 Å². The van der Waals surface area contributed by atoms with Crippen LogP contribution in [-0.4, -0.2) is 37.4 Å². The van der Waals surface area contributed by atoms with Gasteiger partial charge in [0.1, 0.15) is 0 Å². The molecule has 1 N–H and O–H groups in total. The van der Waals surface area contributed by atoms with Crippen molar-refractivity contribution in [2.75, 3.05) is 13.2 Å². The monoisotopic (exact) mass is 397 g/mol. The molecule has 4 nitrogen and oxygen atoms in total. The van der Waals surface area contributed by atoms with Crippen molar-refractivity contribution < 1.29 is 14.3 Å². The lowest BCUT2D eigenvalue weighted by molar-refractivity contribution is -0.121. The summed E-state index contributed by atoms with van der Waals surface area (Å²) in [6.45, 7) is 26.7. The fourth-order valence-corrected chi connectivity index (χ4v) is 1.10. The molecule has 0 fully saturated rings. The van der Waals surface area contributed by atoms with Crippen molar-refractivity contribution >= 4 is 5.91 Å². The van der Waals surface area contributed by atoms with Gasteiger partial charge in [-0.2, -0.15) is 0 Å². The van der Waals surface area contributed by atoms with Crippen molar-refractivity contribution in [3.63, 3.8) is 0 Å². The molecule has 0 bridgehead atoms. The van der Waals surface area contributed by atoms with Crippen LogP contribution in [0.3, 0.4) is 0 Å². The molecule has 0 aromatic heterocycles. The molecule has 0 aliphatic heterocycles. The minimum Gasteiger partial charge on any atom is -0.375 e. The third-order valence-electron chi connectivity index (χ3n) is 2.04. The third-order valence-corrected chi connectivity index (χ3v) is 2.04. The minimum atomic E-state index is 0.0351. The zero-order valence-corrected chi connectivity index (χ0v) is 20.0. The van der Waals surface area contributed by atoms with Gasteiger partial charge in [-0.3, -0.25) is 4.79 Å². The molecule has 0 heterocycles. The summed E-state index contributed by atoms with van der Waals surface area (Å²) in [5.41, 5.74) is 0. The highest BCUT2D eigenvalue weighted by molar-refractivity contribution is 5.76. The van der Waals surface area contributed by atoms with Crippen molar-refractivity contribution in [1.29, 1.82) is 0 Å². The van der Waals surface area contributed by atoms with Gasteiger partial charge in [0.2, 0.25) is 5.91 Å². The summed E-state index contributed by atoms with van der Waals surface area (Å²) < 4.78 is 10.1. The number of hydrogen-bond donors (Lipinski definition) is 1. The maximum atomic E-state index is 10.8. The number of ether oxygens (including phenoxy) is 2. The second-order valence-electron chi connectivity index (χ2n) is 7.50. The molecule has 166 valence electrons. The molecular weight excluding hydrogens is 350 g/mol. The molecule has 0 aliphatic carbocycles. The maximum Gasteiger partial charge on any atom is 0.221 e. The first-order valence-corrected chi connectivity index (χ1v) is 10.1. The van der Waals surface area contributed by atoms with E-state index in [-0.39, 0.29) is 11.9 Å². The van der Waals surface area contributed by atoms with E-state index in [1.165, 1.54) is 0 Å². The lowest BCUT2D eigenvalue weighted by atomic mass is 10.3. The van der Waals surface area contributed by atoms with E-state index in [2.05, 4.69) is 45.2 Å². The molecule has 0 rings (SSSR count). The van der Waals surface area contributed by atoms with E-state index in [0.717, 1.165) is 5.92 Å². The van der Waals surface area contributed by atoms with Crippen LogP contribution in [0.4, 0.5) is 0 Å². The average molecular weight is 398 g/mol. The number of nitrogens with one attached hydrogen (secondary N) is 1. The van der Waals surface area contributed by atoms with E-state index in [9.17, 15) is 4.79 Å². The zero-order valence-electron chi connectivity index (χ0n) is 20.0. The SMILES string of the molecule is C#CCCC(=O)NC(C)C.C=CCOC(C)C.C=CCOC(C)C.CC(C)C. The highest BCUT2D eigenvalue weighted by atomic mass is 16.5. The van der Waals surface area contributed by atoms with Gasteiger partial charge in [-0.05, 0) is 47.5 Å². The molecule has 0 aliphatic rings. The number of carbonyl (C=O) groups excluding carboxylic acids is 1. The van der Waals surface area contributed by atoms with E-state index in [1.54, 1.807) is 12.2 Å². The van der Waals surface area contributed by atoms with Gasteiger partial charge in [0, 0.05) is 18.9 Å². The van der Waals surface area contributed by atoms with Crippen molar-refractivity contribution in [2.45, 2.75) is 93.4 Å². The minimum absolute atomic E-state index is 0.0351. The van der Waals surface area contributed by atoms with Gasteiger partial charge in [0.25, 0.3) is 0 Å². The largest absolute Gasteiger partial charge is 0.375 e. The maximum absolute atomic E-state index is 10.8. The Kier molecular flexibility index (Phi) is 33.5. The molecule has 0 saturated heterocycles. The highest BCUT2D eigenvalue weighted by Gasteiger charge is 1.99. The number of amides is 1. The third kappa shape index (κ3) is 64.4. The van der Waals surface area contributed by atoms with Crippen LogP contribution in [0.15, 0.2) is 25.3 Å². The molecular formula is C24H47NO3. The van der Waals surface area contributed by atoms with Crippen LogP contribution < -0.4 is 5.32 Å². The summed E-state index contributed by atoms with van der Waals surface area (Å²) >= 11 is 0. The predicted octanol–water partition coefficient (Wildman–Crippen LogP) is 5.78. The topological polar surface area (TPSA) is 47.6 Å². The number of carbonyl (C=O) groups is 1. The predicted molar refractivity (Wildman–Crippen MR) is 124 cm³/mol. The van der Waals surface area contributed by atoms with Gasteiger partial charge < -0.3 is 14.8 Å². The lowest BCUT2D eigenvalue weighted by Gasteiger charge is -2.05.